The highest BCUT2D eigenvalue weighted by molar-refractivity contribution is 14.2. The standard InChI is InChI=1S/C36H39F6INO3/c1-23(24-11-7-5-8-12-24)44-30-15-16-31(34(44,25-13-9-6-10-14-25)22-29(30)32(45)47-33(2,3)4)46-18-17-43-28-20-26(35(37,38)39)19-27(21-28)36(40,41)42/h5-14,19-21,23,29-31H,15-18,22H2,1-4H3/t23?,29-,30+,31-,34-/m0/s1. The predicted molar refractivity (Wildman–Crippen MR) is 176 cm³/mol. The van der Waals surface area contributed by atoms with Crippen LogP contribution in [0.3, 0.4) is 0 Å². The number of ether oxygens (including phenoxy) is 2. The first kappa shape index (κ1) is 35.7. The van der Waals surface area contributed by atoms with Gasteiger partial charge in [-0.1, -0.05) is 60.7 Å². The first-order valence-electron chi connectivity index (χ1n) is 15.6. The van der Waals surface area contributed by atoms with Crippen molar-refractivity contribution in [2.24, 2.45) is 5.92 Å². The molecule has 0 spiro atoms. The normalized spacial score (nSPS) is 24.3. The van der Waals surface area contributed by atoms with Crippen molar-refractivity contribution in [3.63, 3.8) is 0 Å². The summed E-state index contributed by atoms with van der Waals surface area (Å²) < 4.78 is 93.6. The van der Waals surface area contributed by atoms with Gasteiger partial charge in [0.1, 0.15) is 5.60 Å². The monoisotopic (exact) mass is 774 g/mol. The van der Waals surface area contributed by atoms with E-state index in [1.807, 2.05) is 69.3 Å². The number of rotatable bonds is 9. The zero-order valence-electron chi connectivity index (χ0n) is 26.7. The maximum atomic E-state index is 13.8. The molecule has 47 heavy (non-hydrogen) atoms. The van der Waals surface area contributed by atoms with Gasteiger partial charge in [-0.05, 0) is 76.3 Å². The maximum absolute atomic E-state index is 13.8. The van der Waals surface area contributed by atoms with Gasteiger partial charge in [0.25, 0.3) is 0 Å². The fourth-order valence-electron chi connectivity index (χ4n) is 7.14. The van der Waals surface area contributed by atoms with Crippen molar-refractivity contribution in [3.8, 4) is 0 Å². The highest BCUT2D eigenvalue weighted by Gasteiger charge is 2.63. The van der Waals surface area contributed by atoms with Gasteiger partial charge in [0, 0.05) is 20.1 Å². The highest BCUT2D eigenvalue weighted by atomic mass is 127. The molecule has 255 valence electrons. The van der Waals surface area contributed by atoms with Crippen LogP contribution in [0.2, 0.25) is 0 Å². The Morgan fingerprint density at radius 1 is 0.894 bits per heavy atom. The molecule has 2 fully saturated rings. The number of piperidine rings is 1. The Kier molecular flexibility index (Phi) is 10.4. The van der Waals surface area contributed by atoms with Crippen LogP contribution in [0, 0.1) is 9.49 Å². The third-order valence-electron chi connectivity index (χ3n) is 8.95. The summed E-state index contributed by atoms with van der Waals surface area (Å²) in [6.45, 7) is 7.83. The van der Waals surface area contributed by atoms with E-state index in [0.717, 1.165) is 23.3 Å². The Labute approximate surface area is 282 Å². The molecule has 3 aromatic carbocycles. The first-order valence-corrected chi connectivity index (χ1v) is 18.2. The molecule has 0 saturated carbocycles. The number of halogens is 7. The molecule has 2 aliphatic heterocycles. The number of nitrogens with zero attached hydrogens (tertiary/aromatic N) is 1. The Morgan fingerprint density at radius 3 is 2.02 bits per heavy atom. The highest BCUT2D eigenvalue weighted by Crippen LogP contribution is 2.57. The van der Waals surface area contributed by atoms with Gasteiger partial charge < -0.3 is 9.47 Å². The molecule has 0 amide bonds. The van der Waals surface area contributed by atoms with Crippen molar-refractivity contribution < 1.29 is 40.6 Å². The Morgan fingerprint density at radius 2 is 1.47 bits per heavy atom. The van der Waals surface area contributed by atoms with Gasteiger partial charge in [-0.15, -0.1) is 21.2 Å². The zero-order valence-corrected chi connectivity index (χ0v) is 28.8. The quantitative estimate of drug-likeness (QED) is 0.0714. The van der Waals surface area contributed by atoms with E-state index in [1.165, 1.54) is 0 Å². The molecule has 11 heteroatoms. The molecule has 2 saturated heterocycles. The van der Waals surface area contributed by atoms with Crippen LogP contribution < -0.4 is 0 Å². The van der Waals surface area contributed by atoms with Crippen LogP contribution in [0.5, 0.6) is 0 Å². The van der Waals surface area contributed by atoms with Crippen LogP contribution >= 0.6 is 21.2 Å². The Hall–Kier alpha value is -2.64. The van der Waals surface area contributed by atoms with E-state index in [1.54, 1.807) is 0 Å². The summed E-state index contributed by atoms with van der Waals surface area (Å²) in [5.74, 6) is -0.686. The van der Waals surface area contributed by atoms with Gasteiger partial charge >= 0.3 is 18.3 Å². The molecular weight excluding hydrogens is 735 g/mol. The summed E-state index contributed by atoms with van der Waals surface area (Å²) in [5.41, 5.74) is -1.91. The molecule has 4 nitrogen and oxygen atoms in total. The number of alkyl halides is 7. The molecule has 0 aliphatic carbocycles. The number of carbonyl (C=O) groups excluding carboxylic acids is 1. The summed E-state index contributed by atoms with van der Waals surface area (Å²) in [6.07, 6.45) is -8.40. The molecule has 1 unspecified atom stereocenters. The average molecular weight is 775 g/mol. The minimum atomic E-state index is -4.89. The van der Waals surface area contributed by atoms with Crippen LogP contribution in [0.4, 0.5) is 26.3 Å². The molecule has 5 atom stereocenters. The Balaban J connectivity index is 1.46. The van der Waals surface area contributed by atoms with Gasteiger partial charge in [-0.2, -0.15) is 26.3 Å². The van der Waals surface area contributed by atoms with E-state index in [2.05, 4.69) is 24.0 Å². The largest absolute Gasteiger partial charge is 0.460 e. The molecule has 2 bridgehead atoms. The number of esters is 1. The second-order valence-corrected chi connectivity index (χ2v) is 16.3. The molecule has 1 radical (unpaired) electrons. The molecular formula is C36H39F6INO3. The minimum Gasteiger partial charge on any atom is -0.460 e. The number of fused-ring (bicyclic) bond motifs is 2. The van der Waals surface area contributed by atoms with Crippen molar-refractivity contribution in [3.05, 3.63) is 105 Å². The zero-order chi connectivity index (χ0) is 34.2. The lowest BCUT2D eigenvalue weighted by atomic mass is 9.77. The van der Waals surface area contributed by atoms with Gasteiger partial charge in [0.2, 0.25) is 0 Å². The predicted octanol–water partition coefficient (Wildman–Crippen LogP) is 9.73. The molecule has 0 aromatic heterocycles. The van der Waals surface area contributed by atoms with E-state index in [-0.39, 0.29) is 40.4 Å². The van der Waals surface area contributed by atoms with Gasteiger partial charge in [-0.25, -0.2) is 0 Å². The van der Waals surface area contributed by atoms with Crippen LogP contribution in [0.15, 0.2) is 78.9 Å². The van der Waals surface area contributed by atoms with Gasteiger partial charge in [0.05, 0.1) is 35.3 Å². The molecule has 2 aliphatic rings. The molecule has 0 N–H and O–H groups in total. The second-order valence-electron chi connectivity index (χ2n) is 13.2. The van der Waals surface area contributed by atoms with Crippen molar-refractivity contribution in [2.75, 3.05) is 11.0 Å². The van der Waals surface area contributed by atoms with Crippen molar-refractivity contribution in [1.29, 1.82) is 0 Å². The second kappa shape index (κ2) is 13.7. The summed E-state index contributed by atoms with van der Waals surface area (Å²) >= 11 is -1.22. The maximum Gasteiger partial charge on any atom is 0.416 e. The van der Waals surface area contributed by atoms with E-state index < -0.39 is 61.7 Å². The van der Waals surface area contributed by atoms with E-state index in [0.29, 0.717) is 23.7 Å². The van der Waals surface area contributed by atoms with E-state index in [4.69, 9.17) is 9.47 Å². The van der Waals surface area contributed by atoms with Crippen LogP contribution in [0.25, 0.3) is 0 Å². The summed E-state index contributed by atoms with van der Waals surface area (Å²) in [4.78, 5) is 16.2. The van der Waals surface area contributed by atoms with Crippen molar-refractivity contribution in [2.45, 2.75) is 88.6 Å². The number of hydrogen-bond acceptors (Lipinski definition) is 4. The van der Waals surface area contributed by atoms with Crippen LogP contribution in [-0.4, -0.2) is 39.7 Å². The average Bonchev–Trinajstić information content (AvgIpc) is 3.26. The lowest BCUT2D eigenvalue weighted by Gasteiger charge is -2.52. The lowest BCUT2D eigenvalue weighted by Crippen LogP contribution is -2.58. The number of benzene rings is 3. The van der Waals surface area contributed by atoms with Crippen LogP contribution in [0.1, 0.15) is 75.3 Å². The fraction of sp³-hybridized carbons (Fsp3) is 0.472. The molecule has 2 heterocycles. The third-order valence-corrected chi connectivity index (χ3v) is 11.4. The smallest absolute Gasteiger partial charge is 0.416 e. The van der Waals surface area contributed by atoms with E-state index >= 15 is 0 Å². The Bertz CT molecular complexity index is 1490. The van der Waals surface area contributed by atoms with Crippen molar-refractivity contribution >= 4 is 27.2 Å². The van der Waals surface area contributed by atoms with Crippen LogP contribution in [-0.2, 0) is 32.2 Å². The fourth-order valence-corrected chi connectivity index (χ4v) is 9.35. The van der Waals surface area contributed by atoms with Gasteiger partial charge in [-0.3, -0.25) is 9.69 Å². The third kappa shape index (κ3) is 7.83. The lowest BCUT2D eigenvalue weighted by molar-refractivity contribution is -0.161. The van der Waals surface area contributed by atoms with Crippen molar-refractivity contribution in [1.82, 2.24) is 4.90 Å². The van der Waals surface area contributed by atoms with Gasteiger partial charge in [0.15, 0.2) is 0 Å². The minimum absolute atomic E-state index is 0.0567. The summed E-state index contributed by atoms with van der Waals surface area (Å²) in [7, 11) is 0. The number of hydrogen-bond donors (Lipinski definition) is 0. The summed E-state index contributed by atoms with van der Waals surface area (Å²) in [5, 5.41) is 0. The topological polar surface area (TPSA) is 38.8 Å². The molecule has 5 rings (SSSR count). The summed E-state index contributed by atoms with van der Waals surface area (Å²) in [6, 6.07) is 21.5. The SMILES string of the molecule is CC(c1ccccc1)N1[C@@H]2CC[C@H](OCC[I]c3cc(C(F)(F)F)cc(C(F)(F)F)c3)[C@@]1(c1ccccc1)C[C@@H]2C(=O)OC(C)(C)C. The first-order chi connectivity index (χ1) is 22.0. The molecule has 3 aromatic rings. The number of carbonyl (C=O) groups is 1. The van der Waals surface area contributed by atoms with E-state index in [9.17, 15) is 31.1 Å².